The number of hydrogen-bond donors (Lipinski definition) is 0. The predicted molar refractivity (Wildman–Crippen MR) is 72.4 cm³/mol. The first-order valence-corrected chi connectivity index (χ1v) is 8.11. The van der Waals surface area contributed by atoms with Gasteiger partial charge in [0.15, 0.2) is 0 Å². The minimum Gasteiger partial charge on any atom is -0.458 e. The molecular weight excluding hydrogens is 302 g/mol. The van der Waals surface area contributed by atoms with Crippen LogP contribution >= 0.6 is 11.5 Å². The summed E-state index contributed by atoms with van der Waals surface area (Å²) in [6, 6.07) is 3.65. The van der Waals surface area contributed by atoms with E-state index in [9.17, 15) is 8.42 Å². The monoisotopic (exact) mass is 315 g/mol. The fourth-order valence-corrected chi connectivity index (χ4v) is 3.25. The molecule has 9 heteroatoms. The first kappa shape index (κ1) is 14.8. The van der Waals surface area contributed by atoms with Gasteiger partial charge in [-0.05, 0) is 17.7 Å². The van der Waals surface area contributed by atoms with Crippen LogP contribution in [0.3, 0.4) is 0 Å². The van der Waals surface area contributed by atoms with Crippen molar-refractivity contribution in [3.05, 3.63) is 30.1 Å². The van der Waals surface area contributed by atoms with Crippen molar-refractivity contribution >= 4 is 21.4 Å². The van der Waals surface area contributed by atoms with Gasteiger partial charge in [-0.25, -0.2) is 8.42 Å². The number of aromatic nitrogens is 3. The van der Waals surface area contributed by atoms with E-state index in [4.69, 9.17) is 9.47 Å². The molecule has 2 aromatic rings. The Morgan fingerprint density at radius 3 is 2.75 bits per heavy atom. The minimum atomic E-state index is -3.45. The van der Waals surface area contributed by atoms with Gasteiger partial charge >= 0.3 is 6.01 Å². The van der Waals surface area contributed by atoms with Crippen LogP contribution in [0.4, 0.5) is 0 Å². The third-order valence-electron chi connectivity index (χ3n) is 2.33. The molecule has 0 spiro atoms. The van der Waals surface area contributed by atoms with Crippen molar-refractivity contribution in [2.24, 2.45) is 0 Å². The van der Waals surface area contributed by atoms with E-state index in [1.54, 1.807) is 24.5 Å². The van der Waals surface area contributed by atoms with Crippen molar-refractivity contribution in [1.29, 1.82) is 0 Å². The number of pyridine rings is 1. The molecule has 0 bridgehead atoms. The molecule has 0 aromatic carbocycles. The van der Waals surface area contributed by atoms with E-state index >= 15 is 0 Å². The van der Waals surface area contributed by atoms with Gasteiger partial charge in [0.05, 0.1) is 12.4 Å². The first-order chi connectivity index (χ1) is 9.62. The molecule has 2 aromatic heterocycles. The van der Waals surface area contributed by atoms with Gasteiger partial charge in [0.1, 0.15) is 6.61 Å². The summed E-state index contributed by atoms with van der Waals surface area (Å²) >= 11 is 0.800. The normalized spacial score (nSPS) is 11.4. The number of sulfone groups is 1. The number of hydrogen-bond acceptors (Lipinski definition) is 8. The van der Waals surface area contributed by atoms with E-state index < -0.39 is 9.84 Å². The molecule has 0 unspecified atom stereocenters. The van der Waals surface area contributed by atoms with Crippen LogP contribution in [0.2, 0.25) is 0 Å². The largest absolute Gasteiger partial charge is 0.458 e. The Kier molecular flexibility index (Phi) is 4.99. The van der Waals surface area contributed by atoms with Gasteiger partial charge < -0.3 is 9.47 Å². The Morgan fingerprint density at radius 2 is 2.05 bits per heavy atom. The van der Waals surface area contributed by atoms with Gasteiger partial charge in [-0.2, -0.15) is 4.98 Å². The zero-order chi connectivity index (χ0) is 14.4. The van der Waals surface area contributed by atoms with Crippen LogP contribution < -0.4 is 4.74 Å². The number of nitrogens with zero attached hydrogens (tertiary/aromatic N) is 3. The molecule has 0 atom stereocenters. The topological polar surface area (TPSA) is 91.3 Å². The Morgan fingerprint density at radius 1 is 1.30 bits per heavy atom. The van der Waals surface area contributed by atoms with Crippen molar-refractivity contribution in [1.82, 2.24) is 14.3 Å². The molecule has 0 saturated heterocycles. The standard InChI is InChI=1S/C11H13N3O4S2/c1-17-6-7-20(15,16)11-13-10(14-19-11)18-8-9-2-4-12-5-3-9/h2-5H,6-8H2,1H3. The summed E-state index contributed by atoms with van der Waals surface area (Å²) in [7, 11) is -2.01. The lowest BCUT2D eigenvalue weighted by Crippen LogP contribution is -2.11. The highest BCUT2D eigenvalue weighted by Gasteiger charge is 2.20. The Labute approximate surface area is 120 Å². The van der Waals surface area contributed by atoms with Crippen LogP contribution in [0, 0.1) is 0 Å². The summed E-state index contributed by atoms with van der Waals surface area (Å²) in [5, 5.41) is 0. The van der Waals surface area contributed by atoms with Gasteiger partial charge in [-0.3, -0.25) is 4.98 Å². The maximum absolute atomic E-state index is 11.8. The van der Waals surface area contributed by atoms with E-state index in [0.717, 1.165) is 17.1 Å². The van der Waals surface area contributed by atoms with E-state index in [2.05, 4.69) is 14.3 Å². The van der Waals surface area contributed by atoms with Crippen molar-refractivity contribution < 1.29 is 17.9 Å². The molecule has 2 rings (SSSR count). The van der Waals surface area contributed by atoms with E-state index in [1.165, 1.54) is 7.11 Å². The average Bonchev–Trinajstić information content (AvgIpc) is 2.94. The third kappa shape index (κ3) is 3.95. The molecule has 2 heterocycles. The molecule has 0 amide bonds. The maximum atomic E-state index is 11.8. The lowest BCUT2D eigenvalue weighted by atomic mass is 10.3. The Balaban J connectivity index is 1.99. The van der Waals surface area contributed by atoms with Crippen molar-refractivity contribution in [3.8, 4) is 6.01 Å². The molecular formula is C11H13N3O4S2. The number of rotatable bonds is 7. The molecule has 0 aliphatic heterocycles. The second-order valence-electron chi connectivity index (χ2n) is 3.80. The summed E-state index contributed by atoms with van der Waals surface area (Å²) in [5.41, 5.74) is 0.901. The van der Waals surface area contributed by atoms with Crippen LogP contribution in [0.25, 0.3) is 0 Å². The van der Waals surface area contributed by atoms with Gasteiger partial charge in [0.2, 0.25) is 14.2 Å². The Hall–Kier alpha value is -1.58. The van der Waals surface area contributed by atoms with E-state index in [0.29, 0.717) is 0 Å². The summed E-state index contributed by atoms with van der Waals surface area (Å²) in [5.74, 6) is -0.123. The molecule has 0 radical (unpaired) electrons. The number of ether oxygens (including phenoxy) is 2. The van der Waals surface area contributed by atoms with E-state index in [1.807, 2.05) is 0 Å². The molecule has 0 aliphatic carbocycles. The predicted octanol–water partition coefficient (Wildman–Crippen LogP) is 0.932. The minimum absolute atomic E-state index is 0.0562. The highest BCUT2D eigenvalue weighted by molar-refractivity contribution is 7.93. The molecule has 7 nitrogen and oxygen atoms in total. The second kappa shape index (κ2) is 6.73. The zero-order valence-electron chi connectivity index (χ0n) is 10.7. The van der Waals surface area contributed by atoms with Crippen LogP contribution in [-0.2, 0) is 21.2 Å². The summed E-state index contributed by atoms with van der Waals surface area (Å²) < 4.78 is 37.6. The average molecular weight is 315 g/mol. The quantitative estimate of drug-likeness (QED) is 0.750. The highest BCUT2D eigenvalue weighted by Crippen LogP contribution is 2.18. The highest BCUT2D eigenvalue weighted by atomic mass is 32.2. The molecule has 0 fully saturated rings. The van der Waals surface area contributed by atoms with Crippen LogP contribution in [-0.4, -0.2) is 42.2 Å². The molecule has 20 heavy (non-hydrogen) atoms. The molecule has 0 aliphatic rings. The van der Waals surface area contributed by atoms with Gasteiger partial charge in [0.25, 0.3) is 0 Å². The number of methoxy groups -OCH3 is 1. The SMILES string of the molecule is COCCS(=O)(=O)c1nc(OCc2ccncc2)ns1. The maximum Gasteiger partial charge on any atom is 0.329 e. The van der Waals surface area contributed by atoms with E-state index in [-0.39, 0.29) is 29.3 Å². The smallest absolute Gasteiger partial charge is 0.329 e. The summed E-state index contributed by atoms with van der Waals surface area (Å²) in [4.78, 5) is 7.77. The lowest BCUT2D eigenvalue weighted by Gasteiger charge is -2.00. The Bertz CT molecular complexity index is 643. The third-order valence-corrected chi connectivity index (χ3v) is 5.14. The molecule has 0 saturated carbocycles. The van der Waals surface area contributed by atoms with Crippen molar-refractivity contribution in [2.75, 3.05) is 19.5 Å². The lowest BCUT2D eigenvalue weighted by molar-refractivity contribution is 0.217. The van der Waals surface area contributed by atoms with Crippen LogP contribution in [0.15, 0.2) is 28.9 Å². The van der Waals surface area contributed by atoms with Gasteiger partial charge in [0, 0.05) is 31.0 Å². The fourth-order valence-electron chi connectivity index (χ4n) is 1.29. The van der Waals surface area contributed by atoms with Crippen LogP contribution in [0.1, 0.15) is 5.56 Å². The van der Waals surface area contributed by atoms with Crippen LogP contribution in [0.5, 0.6) is 6.01 Å². The van der Waals surface area contributed by atoms with Gasteiger partial charge in [-0.15, -0.1) is 4.37 Å². The van der Waals surface area contributed by atoms with Crippen molar-refractivity contribution in [3.63, 3.8) is 0 Å². The van der Waals surface area contributed by atoms with Crippen molar-refractivity contribution in [2.45, 2.75) is 10.9 Å². The fraction of sp³-hybridized carbons (Fsp3) is 0.364. The summed E-state index contributed by atoms with van der Waals surface area (Å²) in [6.07, 6.45) is 3.29. The molecule has 0 N–H and O–H groups in total. The zero-order valence-corrected chi connectivity index (χ0v) is 12.4. The van der Waals surface area contributed by atoms with Gasteiger partial charge in [-0.1, -0.05) is 0 Å². The molecule has 108 valence electrons. The summed E-state index contributed by atoms with van der Waals surface area (Å²) in [6.45, 7) is 0.381. The second-order valence-corrected chi connectivity index (χ2v) is 6.83. The first-order valence-electron chi connectivity index (χ1n) is 5.69.